The zero-order valence-corrected chi connectivity index (χ0v) is 16.3. The van der Waals surface area contributed by atoms with E-state index in [1.807, 2.05) is 0 Å². The normalized spacial score (nSPS) is 24.3. The van der Waals surface area contributed by atoms with Crippen LogP contribution in [0.1, 0.15) is 42.0 Å². The first-order valence-electron chi connectivity index (χ1n) is 9.79. The molecule has 0 saturated heterocycles. The van der Waals surface area contributed by atoms with Gasteiger partial charge in [0.1, 0.15) is 5.82 Å². The topological polar surface area (TPSA) is 64.3 Å². The maximum atomic E-state index is 14.2. The first kappa shape index (κ1) is 21.8. The van der Waals surface area contributed by atoms with E-state index in [9.17, 15) is 26.3 Å². The largest absolute Gasteiger partial charge is 0.454 e. The van der Waals surface area contributed by atoms with E-state index in [0.717, 1.165) is 11.6 Å². The molecule has 11 heteroatoms. The minimum Gasteiger partial charge on any atom is -0.454 e. The van der Waals surface area contributed by atoms with E-state index in [0.29, 0.717) is 44.1 Å². The maximum Gasteiger partial charge on any atom is 0.422 e. The average Bonchev–Trinajstić information content (AvgIpc) is 3.12. The molecule has 2 N–H and O–H groups in total. The highest BCUT2D eigenvalue weighted by molar-refractivity contribution is 5.27. The van der Waals surface area contributed by atoms with Gasteiger partial charge >= 0.3 is 12.2 Å². The summed E-state index contributed by atoms with van der Waals surface area (Å²) in [5.74, 6) is -3.59. The van der Waals surface area contributed by atoms with Crippen molar-refractivity contribution in [1.82, 2.24) is 14.9 Å². The van der Waals surface area contributed by atoms with Crippen molar-refractivity contribution in [2.24, 2.45) is 5.73 Å². The third kappa shape index (κ3) is 4.77. The molecule has 168 valence electrons. The summed E-state index contributed by atoms with van der Waals surface area (Å²) < 4.78 is 82.5. The summed E-state index contributed by atoms with van der Waals surface area (Å²) in [6.07, 6.45) is -1.38. The Bertz CT molecular complexity index is 969. The molecule has 0 unspecified atom stereocenters. The van der Waals surface area contributed by atoms with E-state index in [1.54, 1.807) is 0 Å². The number of nitrogens with two attached hydrogens (primary N) is 1. The van der Waals surface area contributed by atoms with Gasteiger partial charge in [-0.1, -0.05) is 0 Å². The van der Waals surface area contributed by atoms with Crippen LogP contribution in [-0.4, -0.2) is 39.7 Å². The molecule has 0 radical (unpaired) electrons. The number of aromatic nitrogens is 2. The van der Waals surface area contributed by atoms with Crippen molar-refractivity contribution in [2.75, 3.05) is 6.61 Å². The van der Waals surface area contributed by atoms with Crippen LogP contribution in [-0.2, 0) is 13.1 Å². The number of nitrogens with zero attached hydrogens (tertiary/aromatic N) is 3. The molecule has 0 amide bonds. The molecule has 2 aromatic rings. The van der Waals surface area contributed by atoms with Crippen molar-refractivity contribution in [3.05, 3.63) is 52.6 Å². The van der Waals surface area contributed by atoms with Gasteiger partial charge in [-0.25, -0.2) is 18.2 Å². The molecule has 3 atom stereocenters. The predicted octanol–water partition coefficient (Wildman–Crippen LogP) is 3.81. The summed E-state index contributed by atoms with van der Waals surface area (Å²) in [6.45, 7) is -0.548. The van der Waals surface area contributed by atoms with Gasteiger partial charge in [-0.3, -0.25) is 4.90 Å². The Labute approximate surface area is 174 Å². The summed E-state index contributed by atoms with van der Waals surface area (Å²) in [4.78, 5) is 10.00. The SMILES string of the molecule is N[C@H]1C[C@@H](N2Cc3cnc(OCC(F)(F)F)nc3C2)CC[C@@H]1c1cc(F)c(F)cc1F. The van der Waals surface area contributed by atoms with Crippen molar-refractivity contribution >= 4 is 0 Å². The lowest BCUT2D eigenvalue weighted by molar-refractivity contribution is -0.154. The lowest BCUT2D eigenvalue weighted by Gasteiger charge is -2.38. The lowest BCUT2D eigenvalue weighted by Crippen LogP contribution is -2.44. The number of benzene rings is 1. The average molecular weight is 446 g/mol. The molecule has 1 fully saturated rings. The van der Waals surface area contributed by atoms with Gasteiger partial charge in [0.05, 0.1) is 5.69 Å². The van der Waals surface area contributed by atoms with Crippen LogP contribution in [0.15, 0.2) is 18.3 Å². The Hall–Kier alpha value is -2.40. The molecule has 0 spiro atoms. The van der Waals surface area contributed by atoms with E-state index >= 15 is 0 Å². The molecule has 5 nitrogen and oxygen atoms in total. The van der Waals surface area contributed by atoms with Crippen LogP contribution in [0.4, 0.5) is 26.3 Å². The quantitative estimate of drug-likeness (QED) is 0.572. The van der Waals surface area contributed by atoms with Crippen LogP contribution < -0.4 is 10.5 Å². The molecule has 1 aromatic heterocycles. The van der Waals surface area contributed by atoms with Gasteiger partial charge < -0.3 is 10.5 Å². The molecule has 1 saturated carbocycles. The van der Waals surface area contributed by atoms with E-state index in [1.165, 1.54) is 6.20 Å². The molecule has 1 aliphatic heterocycles. The standard InChI is InChI=1S/C20H20F6N4O/c21-14-5-16(23)15(22)4-13(14)12-2-1-11(3-17(12)27)30-7-10-6-28-19(29-18(10)8-30)31-9-20(24,25)26/h4-6,11-12,17H,1-3,7-9,27H2/t11-,12+,17-/m0/s1. The molecular formula is C20H20F6N4O. The third-order valence-corrected chi connectivity index (χ3v) is 5.85. The van der Waals surface area contributed by atoms with E-state index in [4.69, 9.17) is 5.73 Å². The molecule has 31 heavy (non-hydrogen) atoms. The van der Waals surface area contributed by atoms with Crippen molar-refractivity contribution < 1.29 is 31.1 Å². The molecular weight excluding hydrogens is 426 g/mol. The minimum absolute atomic E-state index is 0.0355. The van der Waals surface area contributed by atoms with Gasteiger partial charge in [-0.05, 0) is 30.9 Å². The first-order valence-corrected chi connectivity index (χ1v) is 9.79. The number of halogens is 6. The summed E-state index contributed by atoms with van der Waals surface area (Å²) in [7, 11) is 0. The summed E-state index contributed by atoms with van der Waals surface area (Å²) >= 11 is 0. The fourth-order valence-electron chi connectivity index (χ4n) is 4.36. The third-order valence-electron chi connectivity index (χ3n) is 5.85. The van der Waals surface area contributed by atoms with Gasteiger partial charge in [0.15, 0.2) is 18.2 Å². The van der Waals surface area contributed by atoms with Gasteiger partial charge in [-0.2, -0.15) is 18.2 Å². The molecule has 2 aliphatic rings. The maximum absolute atomic E-state index is 14.2. The number of ether oxygens (including phenoxy) is 1. The van der Waals surface area contributed by atoms with Crippen molar-refractivity contribution in [3.63, 3.8) is 0 Å². The number of fused-ring (bicyclic) bond motifs is 1. The van der Waals surface area contributed by atoms with Gasteiger partial charge in [0.2, 0.25) is 0 Å². The Morgan fingerprint density at radius 2 is 1.81 bits per heavy atom. The van der Waals surface area contributed by atoms with Crippen molar-refractivity contribution in [2.45, 2.75) is 56.5 Å². The number of rotatable bonds is 4. The highest BCUT2D eigenvalue weighted by Crippen LogP contribution is 2.38. The zero-order chi connectivity index (χ0) is 22.3. The lowest BCUT2D eigenvalue weighted by atomic mass is 9.77. The van der Waals surface area contributed by atoms with E-state index in [2.05, 4.69) is 19.6 Å². The van der Waals surface area contributed by atoms with E-state index in [-0.39, 0.29) is 17.6 Å². The minimum atomic E-state index is -4.48. The predicted molar refractivity (Wildman–Crippen MR) is 97.5 cm³/mol. The molecule has 4 rings (SSSR count). The van der Waals surface area contributed by atoms with Crippen LogP contribution in [0.5, 0.6) is 6.01 Å². The summed E-state index contributed by atoms with van der Waals surface area (Å²) in [5, 5.41) is 0. The van der Waals surface area contributed by atoms with Gasteiger partial charge in [-0.15, -0.1) is 0 Å². The van der Waals surface area contributed by atoms with Gasteiger partial charge in [0, 0.05) is 48.9 Å². The summed E-state index contributed by atoms with van der Waals surface area (Å²) in [5.41, 5.74) is 7.73. The molecule has 2 heterocycles. The Morgan fingerprint density at radius 3 is 2.52 bits per heavy atom. The zero-order valence-electron chi connectivity index (χ0n) is 16.3. The Morgan fingerprint density at radius 1 is 1.06 bits per heavy atom. The van der Waals surface area contributed by atoms with Crippen molar-refractivity contribution in [1.29, 1.82) is 0 Å². The first-order chi connectivity index (χ1) is 14.6. The Kier molecular flexibility index (Phi) is 5.82. The number of hydrogen-bond donors (Lipinski definition) is 1. The second-order valence-corrected chi connectivity index (χ2v) is 7.96. The Balaban J connectivity index is 1.40. The number of hydrogen-bond acceptors (Lipinski definition) is 5. The van der Waals surface area contributed by atoms with Crippen LogP contribution in [0.2, 0.25) is 0 Å². The molecule has 1 aromatic carbocycles. The molecule has 0 bridgehead atoms. The second-order valence-electron chi connectivity index (χ2n) is 7.96. The summed E-state index contributed by atoms with van der Waals surface area (Å²) in [6, 6.07) is 0.663. The highest BCUT2D eigenvalue weighted by atomic mass is 19.4. The number of alkyl halides is 3. The van der Waals surface area contributed by atoms with E-state index < -0.39 is 42.2 Å². The highest BCUT2D eigenvalue weighted by Gasteiger charge is 2.36. The van der Waals surface area contributed by atoms with Crippen molar-refractivity contribution in [3.8, 4) is 6.01 Å². The van der Waals surface area contributed by atoms with Gasteiger partial charge in [0.25, 0.3) is 0 Å². The van der Waals surface area contributed by atoms with Crippen LogP contribution in [0.25, 0.3) is 0 Å². The van der Waals surface area contributed by atoms with Crippen LogP contribution in [0, 0.1) is 17.5 Å². The fraction of sp³-hybridized carbons (Fsp3) is 0.500. The molecule has 1 aliphatic carbocycles. The fourth-order valence-corrected chi connectivity index (χ4v) is 4.36. The second kappa shape index (κ2) is 8.27. The van der Waals surface area contributed by atoms with Crippen LogP contribution in [0.3, 0.4) is 0 Å². The van der Waals surface area contributed by atoms with Crippen LogP contribution >= 0.6 is 0 Å². The smallest absolute Gasteiger partial charge is 0.422 e. The monoisotopic (exact) mass is 446 g/mol.